The number of amides is 1. The third-order valence-corrected chi connectivity index (χ3v) is 6.78. The smallest absolute Gasteiger partial charge is 0.219 e. The van der Waals surface area contributed by atoms with Gasteiger partial charge in [-0.15, -0.1) is 0 Å². The summed E-state index contributed by atoms with van der Waals surface area (Å²) in [6.07, 6.45) is 2.18. The number of carbonyl (C=O) groups excluding carboxylic acids is 1. The van der Waals surface area contributed by atoms with E-state index in [1.165, 1.54) is 0 Å². The van der Waals surface area contributed by atoms with Crippen molar-refractivity contribution in [1.29, 1.82) is 0 Å². The van der Waals surface area contributed by atoms with Crippen LogP contribution in [0, 0.1) is 0 Å². The number of para-hydroxylation sites is 1. The van der Waals surface area contributed by atoms with Crippen molar-refractivity contribution in [3.8, 4) is 17.2 Å². The van der Waals surface area contributed by atoms with Crippen LogP contribution in [0.4, 0.5) is 0 Å². The molecule has 3 heterocycles. The van der Waals surface area contributed by atoms with Gasteiger partial charge in [0.05, 0.1) is 25.0 Å². The molecule has 0 unspecified atom stereocenters. The van der Waals surface area contributed by atoms with Gasteiger partial charge >= 0.3 is 0 Å². The van der Waals surface area contributed by atoms with Crippen LogP contribution >= 0.6 is 0 Å². The molecule has 3 aliphatic heterocycles. The quantitative estimate of drug-likeness (QED) is 0.679. The Labute approximate surface area is 194 Å². The lowest BCUT2D eigenvalue weighted by atomic mass is 9.90. The summed E-state index contributed by atoms with van der Waals surface area (Å²) >= 11 is 0. The number of benzene rings is 2. The van der Waals surface area contributed by atoms with Crippen LogP contribution in [-0.2, 0) is 4.79 Å². The molecule has 2 aromatic carbocycles. The number of hydrogen-bond acceptors (Lipinski definition) is 6. The Morgan fingerprint density at radius 3 is 2.48 bits per heavy atom. The van der Waals surface area contributed by atoms with Crippen LogP contribution in [0.3, 0.4) is 0 Å². The number of rotatable bonds is 5. The van der Waals surface area contributed by atoms with Crippen LogP contribution in [0.1, 0.15) is 57.2 Å². The van der Waals surface area contributed by atoms with Crippen molar-refractivity contribution in [1.82, 2.24) is 9.91 Å². The third kappa shape index (κ3) is 3.79. The van der Waals surface area contributed by atoms with Crippen molar-refractivity contribution in [2.45, 2.75) is 51.8 Å². The number of carbonyl (C=O) groups is 1. The average molecular weight is 450 g/mol. The van der Waals surface area contributed by atoms with Gasteiger partial charge in [-0.25, -0.2) is 5.01 Å². The lowest BCUT2D eigenvalue weighted by Crippen LogP contribution is -2.59. The molecule has 1 spiro atoms. The number of ether oxygens (including phenoxy) is 3. The van der Waals surface area contributed by atoms with Crippen molar-refractivity contribution in [3.63, 3.8) is 0 Å². The van der Waals surface area contributed by atoms with Crippen LogP contribution in [0.2, 0.25) is 0 Å². The van der Waals surface area contributed by atoms with Gasteiger partial charge in [-0.3, -0.25) is 4.79 Å². The number of piperidine rings is 1. The molecule has 174 valence electrons. The van der Waals surface area contributed by atoms with E-state index >= 15 is 0 Å². The molecule has 7 heteroatoms. The summed E-state index contributed by atoms with van der Waals surface area (Å²) < 4.78 is 18.3. The Bertz CT molecular complexity index is 1060. The van der Waals surface area contributed by atoms with E-state index in [9.17, 15) is 4.79 Å². The molecule has 0 N–H and O–H groups in total. The molecule has 0 bridgehead atoms. The van der Waals surface area contributed by atoms with E-state index in [1.54, 1.807) is 6.92 Å². The van der Waals surface area contributed by atoms with E-state index in [1.807, 2.05) is 43.0 Å². The van der Waals surface area contributed by atoms with E-state index in [-0.39, 0.29) is 11.9 Å². The van der Waals surface area contributed by atoms with Gasteiger partial charge in [0.2, 0.25) is 11.6 Å². The minimum Gasteiger partial charge on any atom is -0.494 e. The average Bonchev–Trinajstić information content (AvgIpc) is 3.28. The summed E-state index contributed by atoms with van der Waals surface area (Å²) in [5.41, 5.74) is 2.63. The Morgan fingerprint density at radius 1 is 1.09 bits per heavy atom. The van der Waals surface area contributed by atoms with Crippen molar-refractivity contribution < 1.29 is 19.0 Å². The number of fused-ring (bicyclic) bond motifs is 4. The molecular weight excluding hydrogens is 418 g/mol. The van der Waals surface area contributed by atoms with Gasteiger partial charge in [0.1, 0.15) is 5.75 Å². The van der Waals surface area contributed by atoms with E-state index in [0.717, 1.165) is 40.5 Å². The first-order valence-electron chi connectivity index (χ1n) is 11.8. The number of hydrazone groups is 1. The van der Waals surface area contributed by atoms with E-state index < -0.39 is 5.72 Å². The Balaban J connectivity index is 1.52. The monoisotopic (exact) mass is 449 g/mol. The summed E-state index contributed by atoms with van der Waals surface area (Å²) in [5.74, 6) is 2.56. The fourth-order valence-corrected chi connectivity index (χ4v) is 5.13. The van der Waals surface area contributed by atoms with Crippen LogP contribution in [0.15, 0.2) is 47.6 Å². The van der Waals surface area contributed by atoms with Crippen LogP contribution < -0.4 is 14.2 Å². The predicted molar refractivity (Wildman–Crippen MR) is 126 cm³/mol. The lowest BCUT2D eigenvalue weighted by molar-refractivity contribution is -0.159. The molecule has 1 atom stereocenters. The van der Waals surface area contributed by atoms with E-state index in [2.05, 4.69) is 23.2 Å². The highest BCUT2D eigenvalue weighted by Gasteiger charge is 2.52. The van der Waals surface area contributed by atoms with Crippen LogP contribution in [0.25, 0.3) is 0 Å². The molecule has 5 rings (SSSR count). The molecule has 1 fully saturated rings. The topological polar surface area (TPSA) is 63.6 Å². The Kier molecular flexibility index (Phi) is 5.64. The highest BCUT2D eigenvalue weighted by molar-refractivity contribution is 6.02. The molecule has 1 saturated heterocycles. The minimum absolute atomic E-state index is 0.0691. The van der Waals surface area contributed by atoms with Crippen LogP contribution in [-0.4, -0.2) is 53.6 Å². The van der Waals surface area contributed by atoms with Gasteiger partial charge in [-0.05, 0) is 49.7 Å². The second-order valence-corrected chi connectivity index (χ2v) is 8.73. The standard InChI is InChI=1S/C26H31N3O4/c1-4-31-20-11-9-19(10-12-20)22-17-23-21-7-6-8-24(32-5-2)25(21)33-26(29(23)27-22)13-15-28(16-14-26)18(3)30/h6-12,23H,4-5,13-17H2,1-3H3/t23-/m1/s1. The largest absolute Gasteiger partial charge is 0.494 e. The zero-order chi connectivity index (χ0) is 23.0. The van der Waals surface area contributed by atoms with Crippen molar-refractivity contribution in [3.05, 3.63) is 53.6 Å². The van der Waals surface area contributed by atoms with Gasteiger partial charge in [-0.1, -0.05) is 12.1 Å². The van der Waals surface area contributed by atoms with Gasteiger partial charge in [-0.2, -0.15) is 5.10 Å². The van der Waals surface area contributed by atoms with Crippen LogP contribution in [0.5, 0.6) is 17.2 Å². The van der Waals surface area contributed by atoms with Crippen molar-refractivity contribution in [2.75, 3.05) is 26.3 Å². The van der Waals surface area contributed by atoms with Gasteiger partial charge in [0, 0.05) is 44.8 Å². The van der Waals surface area contributed by atoms with Crippen molar-refractivity contribution >= 4 is 11.6 Å². The first kappa shape index (κ1) is 21.6. The fraction of sp³-hybridized carbons (Fsp3) is 0.462. The molecule has 0 radical (unpaired) electrons. The number of likely N-dealkylation sites (tertiary alicyclic amines) is 1. The van der Waals surface area contributed by atoms with Gasteiger partial charge < -0.3 is 19.1 Å². The van der Waals surface area contributed by atoms with Gasteiger partial charge in [0.25, 0.3) is 0 Å². The highest BCUT2D eigenvalue weighted by atomic mass is 16.6. The third-order valence-electron chi connectivity index (χ3n) is 6.78. The number of hydrogen-bond donors (Lipinski definition) is 0. The summed E-state index contributed by atoms with van der Waals surface area (Å²) in [6.45, 7) is 8.12. The van der Waals surface area contributed by atoms with Gasteiger partial charge in [0.15, 0.2) is 11.5 Å². The molecule has 0 saturated carbocycles. The maximum atomic E-state index is 12.0. The Hall–Kier alpha value is -3.22. The molecule has 7 nitrogen and oxygen atoms in total. The summed E-state index contributed by atoms with van der Waals surface area (Å²) in [4.78, 5) is 13.8. The lowest BCUT2D eigenvalue weighted by Gasteiger charge is -2.51. The second kappa shape index (κ2) is 8.61. The molecule has 1 amide bonds. The molecule has 0 aromatic heterocycles. The molecular formula is C26H31N3O4. The maximum absolute atomic E-state index is 12.0. The SMILES string of the molecule is CCOc1ccc(C2=NN3[C@H](C2)c2cccc(OCC)c2OC32CCN(C(C)=O)CC2)cc1. The normalized spacial score (nSPS) is 20.6. The highest BCUT2D eigenvalue weighted by Crippen LogP contribution is 2.52. The zero-order valence-corrected chi connectivity index (χ0v) is 19.5. The van der Waals surface area contributed by atoms with E-state index in [0.29, 0.717) is 39.1 Å². The first-order valence-corrected chi connectivity index (χ1v) is 11.8. The predicted octanol–water partition coefficient (Wildman–Crippen LogP) is 4.37. The van der Waals surface area contributed by atoms with Crippen molar-refractivity contribution in [2.24, 2.45) is 5.10 Å². The maximum Gasteiger partial charge on any atom is 0.219 e. The summed E-state index contributed by atoms with van der Waals surface area (Å²) in [6, 6.07) is 14.3. The second-order valence-electron chi connectivity index (χ2n) is 8.73. The molecule has 2 aromatic rings. The molecule has 33 heavy (non-hydrogen) atoms. The van der Waals surface area contributed by atoms with E-state index in [4.69, 9.17) is 19.3 Å². The zero-order valence-electron chi connectivity index (χ0n) is 19.5. The minimum atomic E-state index is -0.593. The Morgan fingerprint density at radius 2 is 1.82 bits per heavy atom. The summed E-state index contributed by atoms with van der Waals surface area (Å²) in [5, 5.41) is 7.28. The molecule has 0 aliphatic carbocycles. The number of nitrogens with zero attached hydrogens (tertiary/aromatic N) is 3. The fourth-order valence-electron chi connectivity index (χ4n) is 5.13. The first-order chi connectivity index (χ1) is 16.0. The molecule has 3 aliphatic rings. The summed E-state index contributed by atoms with van der Waals surface area (Å²) in [7, 11) is 0.